The van der Waals surface area contributed by atoms with Crippen molar-refractivity contribution in [2.24, 2.45) is 4.99 Å². The molecule has 0 saturated heterocycles. The highest BCUT2D eigenvalue weighted by atomic mass is 32.1. The number of aryl methyl sites for hydroxylation is 1. The van der Waals surface area contributed by atoms with Crippen LogP contribution in [0.2, 0.25) is 0 Å². The SMILES string of the molecule is CCn1c(=NC(=O)c2ccc(N(C)C)cc2)sc2cc([N+](=O)[O-])ccc21. The molecule has 2 aromatic carbocycles. The number of nitro groups is 1. The zero-order valence-corrected chi connectivity index (χ0v) is 15.5. The zero-order valence-electron chi connectivity index (χ0n) is 14.7. The van der Waals surface area contributed by atoms with Gasteiger partial charge in [-0.25, -0.2) is 0 Å². The third-order valence-electron chi connectivity index (χ3n) is 4.02. The monoisotopic (exact) mass is 370 g/mol. The smallest absolute Gasteiger partial charge is 0.279 e. The minimum absolute atomic E-state index is 0.0270. The van der Waals surface area contributed by atoms with Gasteiger partial charge in [0.1, 0.15) is 0 Å². The Morgan fingerprint density at radius 3 is 2.50 bits per heavy atom. The van der Waals surface area contributed by atoms with Crippen LogP contribution in [0.3, 0.4) is 0 Å². The second-order valence-corrected chi connectivity index (χ2v) is 6.91. The van der Waals surface area contributed by atoms with Crippen LogP contribution in [0.4, 0.5) is 11.4 Å². The molecule has 0 fully saturated rings. The number of carbonyl (C=O) groups is 1. The molecule has 0 N–H and O–H groups in total. The van der Waals surface area contributed by atoms with Crippen LogP contribution in [0, 0.1) is 10.1 Å². The number of thiazole rings is 1. The summed E-state index contributed by atoms with van der Waals surface area (Å²) in [5.41, 5.74) is 2.36. The molecule has 1 amide bonds. The Morgan fingerprint density at radius 2 is 1.92 bits per heavy atom. The normalized spacial score (nSPS) is 11.7. The van der Waals surface area contributed by atoms with Crippen molar-refractivity contribution >= 4 is 38.8 Å². The zero-order chi connectivity index (χ0) is 18.8. The minimum atomic E-state index is -0.427. The Bertz CT molecular complexity index is 1050. The predicted octanol–water partition coefficient (Wildman–Crippen LogP) is 3.44. The average Bonchev–Trinajstić information content (AvgIpc) is 2.97. The highest BCUT2D eigenvalue weighted by molar-refractivity contribution is 7.16. The first kappa shape index (κ1) is 17.8. The molecule has 0 saturated carbocycles. The minimum Gasteiger partial charge on any atom is -0.378 e. The molecule has 0 bridgehead atoms. The Hall–Kier alpha value is -3.00. The van der Waals surface area contributed by atoms with Crippen LogP contribution in [0.15, 0.2) is 47.5 Å². The van der Waals surface area contributed by atoms with Gasteiger partial charge in [0, 0.05) is 44.0 Å². The number of benzene rings is 2. The summed E-state index contributed by atoms with van der Waals surface area (Å²) >= 11 is 1.27. The molecule has 0 aliphatic rings. The fourth-order valence-corrected chi connectivity index (χ4v) is 3.75. The number of aromatic nitrogens is 1. The molecule has 1 aromatic heterocycles. The molecule has 3 aromatic rings. The van der Waals surface area contributed by atoms with Crippen molar-refractivity contribution in [2.75, 3.05) is 19.0 Å². The fourth-order valence-electron chi connectivity index (χ4n) is 2.62. The Labute approximate surface area is 154 Å². The Balaban J connectivity index is 2.05. The quantitative estimate of drug-likeness (QED) is 0.520. The summed E-state index contributed by atoms with van der Waals surface area (Å²) in [6, 6.07) is 11.9. The third kappa shape index (κ3) is 3.36. The number of rotatable bonds is 4. The summed E-state index contributed by atoms with van der Waals surface area (Å²) in [6.45, 7) is 2.56. The summed E-state index contributed by atoms with van der Waals surface area (Å²) in [6.07, 6.45) is 0. The molecule has 0 radical (unpaired) electrons. The van der Waals surface area contributed by atoms with Crippen molar-refractivity contribution < 1.29 is 9.72 Å². The molecule has 134 valence electrons. The van der Waals surface area contributed by atoms with Gasteiger partial charge in [0.15, 0.2) is 4.80 Å². The highest BCUT2D eigenvalue weighted by Crippen LogP contribution is 2.23. The average molecular weight is 370 g/mol. The number of nitrogens with zero attached hydrogens (tertiary/aromatic N) is 4. The van der Waals surface area contributed by atoms with E-state index in [9.17, 15) is 14.9 Å². The molecular formula is C18H18N4O3S. The van der Waals surface area contributed by atoms with Crippen LogP contribution in [0.5, 0.6) is 0 Å². The summed E-state index contributed by atoms with van der Waals surface area (Å²) in [5, 5.41) is 11.0. The summed E-state index contributed by atoms with van der Waals surface area (Å²) in [5.74, 6) is -0.335. The van der Waals surface area contributed by atoms with Gasteiger partial charge in [-0.1, -0.05) is 11.3 Å². The number of amides is 1. The maximum Gasteiger partial charge on any atom is 0.279 e. The van der Waals surface area contributed by atoms with E-state index in [1.54, 1.807) is 18.2 Å². The molecule has 0 spiro atoms. The standard InChI is InChI=1S/C18H18N4O3S/c1-4-21-15-10-9-14(22(24)25)11-16(15)26-18(21)19-17(23)12-5-7-13(8-6-12)20(2)3/h5-11H,4H2,1-3H3. The first-order valence-corrected chi connectivity index (χ1v) is 8.86. The molecule has 8 heteroatoms. The van der Waals surface area contributed by atoms with Gasteiger partial charge in [0.05, 0.1) is 15.1 Å². The van der Waals surface area contributed by atoms with Gasteiger partial charge in [-0.15, -0.1) is 0 Å². The van der Waals surface area contributed by atoms with E-state index in [4.69, 9.17) is 0 Å². The lowest BCUT2D eigenvalue weighted by Crippen LogP contribution is -2.16. The molecule has 3 rings (SSSR count). The molecular weight excluding hydrogens is 352 g/mol. The van der Waals surface area contributed by atoms with Gasteiger partial charge in [-0.3, -0.25) is 14.9 Å². The first-order chi connectivity index (χ1) is 12.4. The Kier molecular flexibility index (Phi) is 4.85. The predicted molar refractivity (Wildman–Crippen MR) is 103 cm³/mol. The van der Waals surface area contributed by atoms with Crippen LogP contribution in [0.1, 0.15) is 17.3 Å². The van der Waals surface area contributed by atoms with Gasteiger partial charge in [0.25, 0.3) is 11.6 Å². The number of hydrogen-bond acceptors (Lipinski definition) is 5. The Morgan fingerprint density at radius 1 is 1.23 bits per heavy atom. The van der Waals surface area contributed by atoms with E-state index in [0.29, 0.717) is 16.9 Å². The largest absolute Gasteiger partial charge is 0.378 e. The van der Waals surface area contributed by atoms with Crippen LogP contribution in [-0.4, -0.2) is 29.5 Å². The number of hydrogen-bond donors (Lipinski definition) is 0. The molecule has 0 atom stereocenters. The summed E-state index contributed by atoms with van der Waals surface area (Å²) < 4.78 is 2.62. The lowest BCUT2D eigenvalue weighted by atomic mass is 10.2. The van der Waals surface area contributed by atoms with Crippen molar-refractivity contribution in [3.8, 4) is 0 Å². The van der Waals surface area contributed by atoms with Crippen molar-refractivity contribution in [3.63, 3.8) is 0 Å². The van der Waals surface area contributed by atoms with E-state index < -0.39 is 4.92 Å². The van der Waals surface area contributed by atoms with E-state index in [2.05, 4.69) is 4.99 Å². The lowest BCUT2D eigenvalue weighted by Gasteiger charge is -2.11. The number of fused-ring (bicyclic) bond motifs is 1. The second kappa shape index (κ2) is 7.09. The van der Waals surface area contributed by atoms with Crippen molar-refractivity contribution in [1.82, 2.24) is 4.57 Å². The van der Waals surface area contributed by atoms with Gasteiger partial charge >= 0.3 is 0 Å². The van der Waals surface area contributed by atoms with Crippen molar-refractivity contribution in [3.05, 3.63) is 62.9 Å². The molecule has 0 aliphatic heterocycles. The van der Waals surface area contributed by atoms with Gasteiger partial charge in [-0.05, 0) is 37.3 Å². The fraction of sp³-hybridized carbons (Fsp3) is 0.222. The van der Waals surface area contributed by atoms with Crippen molar-refractivity contribution in [2.45, 2.75) is 13.5 Å². The van der Waals surface area contributed by atoms with Crippen LogP contribution < -0.4 is 9.70 Å². The van der Waals surface area contributed by atoms with Crippen LogP contribution >= 0.6 is 11.3 Å². The van der Waals surface area contributed by atoms with Gasteiger partial charge < -0.3 is 9.47 Å². The third-order valence-corrected chi connectivity index (χ3v) is 5.06. The maximum absolute atomic E-state index is 12.5. The van der Waals surface area contributed by atoms with Crippen molar-refractivity contribution in [1.29, 1.82) is 0 Å². The van der Waals surface area contributed by atoms with E-state index in [0.717, 1.165) is 15.9 Å². The molecule has 1 heterocycles. The van der Waals surface area contributed by atoms with Crippen LogP contribution in [0.25, 0.3) is 10.2 Å². The molecule has 0 unspecified atom stereocenters. The molecule has 0 aliphatic carbocycles. The van der Waals surface area contributed by atoms with Crippen LogP contribution in [-0.2, 0) is 6.54 Å². The number of carbonyl (C=O) groups excluding carboxylic acids is 1. The number of anilines is 1. The summed E-state index contributed by atoms with van der Waals surface area (Å²) in [7, 11) is 3.86. The number of non-ortho nitro benzene ring substituents is 1. The van der Waals surface area contributed by atoms with E-state index >= 15 is 0 Å². The first-order valence-electron chi connectivity index (χ1n) is 8.05. The molecule has 7 nitrogen and oxygen atoms in total. The lowest BCUT2D eigenvalue weighted by molar-refractivity contribution is -0.384. The van der Waals surface area contributed by atoms with Gasteiger partial charge in [0.2, 0.25) is 0 Å². The topological polar surface area (TPSA) is 80.7 Å². The number of nitro benzene ring substituents is 1. The van der Waals surface area contributed by atoms with E-state index in [1.807, 2.05) is 42.6 Å². The highest BCUT2D eigenvalue weighted by Gasteiger charge is 2.12. The van der Waals surface area contributed by atoms with E-state index in [1.165, 1.54) is 23.5 Å². The van der Waals surface area contributed by atoms with Gasteiger partial charge in [-0.2, -0.15) is 4.99 Å². The second-order valence-electron chi connectivity index (χ2n) is 5.90. The maximum atomic E-state index is 12.5. The molecule has 26 heavy (non-hydrogen) atoms. The summed E-state index contributed by atoms with van der Waals surface area (Å²) in [4.78, 5) is 29.8. The van der Waals surface area contributed by atoms with E-state index in [-0.39, 0.29) is 11.6 Å².